The first-order valence-corrected chi connectivity index (χ1v) is 11.3. The quantitative estimate of drug-likeness (QED) is 0.303. The minimum atomic E-state index is 0.578. The number of fused-ring (bicyclic) bond motifs is 1. The smallest absolute Gasteiger partial charge is 0.194 e. The molecule has 0 aliphatic carbocycles. The Morgan fingerprint density at radius 1 is 0.966 bits per heavy atom. The van der Waals surface area contributed by atoms with Gasteiger partial charge in [-0.3, -0.25) is 4.40 Å². The molecule has 3 heterocycles. The molecule has 0 spiro atoms. The summed E-state index contributed by atoms with van der Waals surface area (Å²) in [6.07, 6.45) is 2.03. The van der Waals surface area contributed by atoms with Crippen molar-refractivity contribution in [3.8, 4) is 22.6 Å². The third-order valence-electron chi connectivity index (χ3n) is 4.45. The van der Waals surface area contributed by atoms with Crippen LogP contribution in [0.4, 0.5) is 10.8 Å². The largest absolute Gasteiger partial charge is 0.331 e. The molecule has 2 aromatic carbocycles. The maximum Gasteiger partial charge on any atom is 0.194 e. The van der Waals surface area contributed by atoms with Crippen LogP contribution >= 0.6 is 45.9 Å². The van der Waals surface area contributed by atoms with E-state index in [0.29, 0.717) is 10.0 Å². The molecule has 0 saturated carbocycles. The Balaban J connectivity index is 1.57. The molecule has 5 aromatic rings. The van der Waals surface area contributed by atoms with Crippen LogP contribution in [0.2, 0.25) is 10.0 Å². The van der Waals surface area contributed by atoms with Crippen LogP contribution in [0.3, 0.4) is 0 Å². The Labute approximate surface area is 185 Å². The van der Waals surface area contributed by atoms with Crippen molar-refractivity contribution >= 4 is 61.7 Å². The summed E-state index contributed by atoms with van der Waals surface area (Å²) in [7, 11) is 0. The van der Waals surface area contributed by atoms with E-state index in [9.17, 15) is 0 Å². The number of imidazole rings is 1. The second-order valence-electron chi connectivity index (χ2n) is 6.55. The van der Waals surface area contributed by atoms with Crippen molar-refractivity contribution in [2.75, 3.05) is 5.32 Å². The van der Waals surface area contributed by atoms with Gasteiger partial charge in [0, 0.05) is 38.3 Å². The van der Waals surface area contributed by atoms with Crippen molar-refractivity contribution in [2.45, 2.75) is 6.92 Å². The number of aromatic nitrogens is 3. The molecule has 0 fully saturated rings. The Kier molecular flexibility index (Phi) is 4.80. The van der Waals surface area contributed by atoms with E-state index in [-0.39, 0.29) is 0 Å². The monoisotopic (exact) mass is 456 g/mol. The molecule has 29 heavy (non-hydrogen) atoms. The fourth-order valence-corrected chi connectivity index (χ4v) is 5.09. The molecule has 0 aliphatic rings. The van der Waals surface area contributed by atoms with E-state index in [2.05, 4.69) is 40.9 Å². The Hall–Kier alpha value is -2.38. The van der Waals surface area contributed by atoms with E-state index in [1.165, 1.54) is 16.9 Å². The number of thiazole rings is 2. The molecule has 0 bridgehead atoms. The summed E-state index contributed by atoms with van der Waals surface area (Å²) < 4.78 is 2.09. The van der Waals surface area contributed by atoms with Gasteiger partial charge in [0.05, 0.1) is 5.69 Å². The fourth-order valence-electron chi connectivity index (χ4n) is 3.13. The number of rotatable bonds is 4. The second kappa shape index (κ2) is 7.46. The third-order valence-corrected chi connectivity index (χ3v) is 6.40. The zero-order chi connectivity index (χ0) is 20.0. The molecule has 1 N–H and O–H groups in total. The van der Waals surface area contributed by atoms with Crippen LogP contribution in [0, 0.1) is 6.92 Å². The Bertz CT molecular complexity index is 1300. The predicted molar refractivity (Wildman–Crippen MR) is 124 cm³/mol. The van der Waals surface area contributed by atoms with E-state index >= 15 is 0 Å². The van der Waals surface area contributed by atoms with Crippen LogP contribution in [-0.2, 0) is 0 Å². The average Bonchev–Trinajstić information content (AvgIpc) is 3.37. The maximum absolute atomic E-state index is 6.10. The summed E-state index contributed by atoms with van der Waals surface area (Å²) in [5.74, 6) is 0. The predicted octanol–water partition coefficient (Wildman–Crippen LogP) is 7.55. The number of nitrogens with one attached hydrogen (secondary N) is 1. The summed E-state index contributed by atoms with van der Waals surface area (Å²) in [5.41, 5.74) is 5.88. The molecule has 0 amide bonds. The lowest BCUT2D eigenvalue weighted by Gasteiger charge is -2.04. The first-order chi connectivity index (χ1) is 14.1. The fraction of sp³-hybridized carbons (Fsp3) is 0.0476. The zero-order valence-corrected chi connectivity index (χ0v) is 18.3. The van der Waals surface area contributed by atoms with Gasteiger partial charge in [0.1, 0.15) is 11.4 Å². The molecule has 8 heteroatoms. The van der Waals surface area contributed by atoms with Crippen LogP contribution in [0.25, 0.3) is 27.6 Å². The summed E-state index contributed by atoms with van der Waals surface area (Å²) in [6, 6.07) is 13.8. The van der Waals surface area contributed by atoms with Crippen molar-refractivity contribution < 1.29 is 0 Å². The Morgan fingerprint density at radius 3 is 2.48 bits per heavy atom. The first-order valence-electron chi connectivity index (χ1n) is 8.78. The summed E-state index contributed by atoms with van der Waals surface area (Å²) >= 11 is 15.3. The standard InChI is InChI=1S/C21H14Cl2N4S2/c1-12-2-4-13(5-3-12)18-19(27-6-7-28-21(27)26-18)17-11-29-20(25-17)24-16-9-14(22)8-15(23)10-16/h2-11H,1H3,(H,24,25). The van der Waals surface area contributed by atoms with Crippen LogP contribution in [0.1, 0.15) is 5.56 Å². The number of nitrogens with zero attached hydrogens (tertiary/aromatic N) is 3. The number of hydrogen-bond donors (Lipinski definition) is 1. The topological polar surface area (TPSA) is 42.2 Å². The maximum atomic E-state index is 6.10. The van der Waals surface area contributed by atoms with Gasteiger partial charge >= 0.3 is 0 Å². The molecular weight excluding hydrogens is 443 g/mol. The summed E-state index contributed by atoms with van der Waals surface area (Å²) in [5, 5.41) is 9.27. The highest BCUT2D eigenvalue weighted by Gasteiger charge is 2.19. The molecule has 5 rings (SSSR count). The van der Waals surface area contributed by atoms with Gasteiger partial charge in [-0.2, -0.15) is 0 Å². The Morgan fingerprint density at radius 2 is 1.72 bits per heavy atom. The lowest BCUT2D eigenvalue weighted by Crippen LogP contribution is -1.91. The second-order valence-corrected chi connectivity index (χ2v) is 9.16. The van der Waals surface area contributed by atoms with Crippen LogP contribution < -0.4 is 5.32 Å². The third kappa shape index (κ3) is 3.65. The molecular formula is C21H14Cl2N4S2. The zero-order valence-electron chi connectivity index (χ0n) is 15.2. The lowest BCUT2D eigenvalue weighted by atomic mass is 10.1. The van der Waals surface area contributed by atoms with Crippen molar-refractivity contribution in [1.82, 2.24) is 14.4 Å². The van der Waals surface area contributed by atoms with Crippen molar-refractivity contribution in [1.29, 1.82) is 0 Å². The number of anilines is 2. The summed E-state index contributed by atoms with van der Waals surface area (Å²) in [4.78, 5) is 10.6. The van der Waals surface area contributed by atoms with Gasteiger partial charge in [-0.1, -0.05) is 53.0 Å². The van der Waals surface area contributed by atoms with Gasteiger partial charge < -0.3 is 5.32 Å². The SMILES string of the molecule is Cc1ccc(-c2nc3sccn3c2-c2csc(Nc3cc(Cl)cc(Cl)c3)n2)cc1. The number of hydrogen-bond acceptors (Lipinski definition) is 5. The highest BCUT2D eigenvalue weighted by atomic mass is 35.5. The van der Waals surface area contributed by atoms with Crippen LogP contribution in [0.15, 0.2) is 59.4 Å². The van der Waals surface area contributed by atoms with Gasteiger partial charge in [-0.05, 0) is 25.1 Å². The van der Waals surface area contributed by atoms with Gasteiger partial charge in [0.15, 0.2) is 10.1 Å². The van der Waals surface area contributed by atoms with Crippen LogP contribution in [-0.4, -0.2) is 14.4 Å². The number of aryl methyl sites for hydroxylation is 1. The first kappa shape index (κ1) is 18.6. The molecule has 0 radical (unpaired) electrons. The number of benzene rings is 2. The van der Waals surface area contributed by atoms with E-state index < -0.39 is 0 Å². The molecule has 3 aromatic heterocycles. The lowest BCUT2D eigenvalue weighted by molar-refractivity contribution is 1.21. The summed E-state index contributed by atoms with van der Waals surface area (Å²) in [6.45, 7) is 2.08. The van der Waals surface area contributed by atoms with Gasteiger partial charge in [0.25, 0.3) is 0 Å². The molecule has 0 unspecified atom stereocenters. The van der Waals surface area contributed by atoms with Gasteiger partial charge in [0.2, 0.25) is 0 Å². The van der Waals surface area contributed by atoms with Crippen molar-refractivity contribution in [3.05, 3.63) is 75.0 Å². The van der Waals surface area contributed by atoms with Gasteiger partial charge in [-0.15, -0.1) is 22.7 Å². The van der Waals surface area contributed by atoms with E-state index in [0.717, 1.165) is 38.4 Å². The average molecular weight is 457 g/mol. The van der Waals surface area contributed by atoms with E-state index in [1.54, 1.807) is 17.4 Å². The molecule has 0 aliphatic heterocycles. The van der Waals surface area contributed by atoms with Crippen molar-refractivity contribution in [3.63, 3.8) is 0 Å². The normalized spacial score (nSPS) is 11.3. The molecule has 4 nitrogen and oxygen atoms in total. The highest BCUT2D eigenvalue weighted by molar-refractivity contribution is 7.15. The minimum absolute atomic E-state index is 0.578. The van der Waals surface area contributed by atoms with E-state index in [1.807, 2.05) is 29.1 Å². The minimum Gasteiger partial charge on any atom is -0.331 e. The van der Waals surface area contributed by atoms with E-state index in [4.69, 9.17) is 33.2 Å². The molecule has 0 saturated heterocycles. The molecule has 144 valence electrons. The van der Waals surface area contributed by atoms with Crippen LogP contribution in [0.5, 0.6) is 0 Å². The highest BCUT2D eigenvalue weighted by Crippen LogP contribution is 2.36. The van der Waals surface area contributed by atoms with Gasteiger partial charge in [-0.25, -0.2) is 9.97 Å². The number of halogens is 2. The molecule has 0 atom stereocenters. The van der Waals surface area contributed by atoms with Crippen molar-refractivity contribution in [2.24, 2.45) is 0 Å².